The first-order chi connectivity index (χ1) is 10.2. The second kappa shape index (κ2) is 8.15. The first-order valence-corrected chi connectivity index (χ1v) is 7.73. The van der Waals surface area contributed by atoms with E-state index in [1.54, 1.807) is 7.11 Å². The molecule has 116 valence electrons. The molecule has 0 bridgehead atoms. The molecule has 1 saturated heterocycles. The third kappa shape index (κ3) is 5.14. The summed E-state index contributed by atoms with van der Waals surface area (Å²) in [5.41, 5.74) is 1.35. The molecule has 2 rings (SSSR count). The standard InChI is InChI=1S/C17H26N2O2/c1-14-12-19(13-15-6-4-3-5-7-15)10-8-16(14)18-17(20)9-11-21-2/h3-7,14,16H,8-13H2,1-2H3,(H,18,20). The van der Waals surface area contributed by atoms with Crippen LogP contribution < -0.4 is 5.32 Å². The van der Waals surface area contributed by atoms with Crippen molar-refractivity contribution in [3.63, 3.8) is 0 Å². The van der Waals surface area contributed by atoms with Crippen molar-refractivity contribution in [1.29, 1.82) is 0 Å². The zero-order chi connectivity index (χ0) is 15.1. The molecule has 1 aliphatic rings. The third-order valence-electron chi connectivity index (χ3n) is 4.12. The Morgan fingerprint density at radius 3 is 2.81 bits per heavy atom. The number of carbonyl (C=O) groups is 1. The minimum atomic E-state index is 0.102. The molecule has 0 spiro atoms. The van der Waals surface area contributed by atoms with E-state index in [-0.39, 0.29) is 5.91 Å². The largest absolute Gasteiger partial charge is 0.384 e. The van der Waals surface area contributed by atoms with Crippen LogP contribution in [0.25, 0.3) is 0 Å². The second-order valence-corrected chi connectivity index (χ2v) is 5.90. The number of benzene rings is 1. The Balaban J connectivity index is 1.78. The van der Waals surface area contributed by atoms with Gasteiger partial charge in [0.25, 0.3) is 0 Å². The maximum Gasteiger partial charge on any atom is 0.222 e. The number of likely N-dealkylation sites (tertiary alicyclic amines) is 1. The lowest BCUT2D eigenvalue weighted by molar-refractivity contribution is -0.123. The minimum Gasteiger partial charge on any atom is -0.384 e. The minimum absolute atomic E-state index is 0.102. The topological polar surface area (TPSA) is 41.6 Å². The summed E-state index contributed by atoms with van der Waals surface area (Å²) in [6.45, 7) is 5.78. The fourth-order valence-electron chi connectivity index (χ4n) is 2.91. The van der Waals surface area contributed by atoms with Crippen LogP contribution >= 0.6 is 0 Å². The van der Waals surface area contributed by atoms with Crippen LogP contribution in [0.2, 0.25) is 0 Å². The molecule has 0 aromatic heterocycles. The lowest BCUT2D eigenvalue weighted by Crippen LogP contribution is -2.49. The molecule has 1 fully saturated rings. The molecule has 4 heteroatoms. The molecule has 1 amide bonds. The van der Waals surface area contributed by atoms with Gasteiger partial charge >= 0.3 is 0 Å². The summed E-state index contributed by atoms with van der Waals surface area (Å²) in [6, 6.07) is 10.9. The van der Waals surface area contributed by atoms with E-state index in [0.29, 0.717) is 25.0 Å². The maximum atomic E-state index is 11.8. The number of rotatable bonds is 6. The lowest BCUT2D eigenvalue weighted by atomic mass is 9.93. The van der Waals surface area contributed by atoms with Gasteiger partial charge < -0.3 is 10.1 Å². The van der Waals surface area contributed by atoms with Crippen LogP contribution in [-0.4, -0.2) is 43.7 Å². The predicted molar refractivity (Wildman–Crippen MR) is 83.9 cm³/mol. The first-order valence-electron chi connectivity index (χ1n) is 7.73. The Morgan fingerprint density at radius 1 is 1.38 bits per heavy atom. The molecule has 1 N–H and O–H groups in total. The number of piperidine rings is 1. The average Bonchev–Trinajstić information content (AvgIpc) is 2.49. The van der Waals surface area contributed by atoms with Crippen LogP contribution in [0.5, 0.6) is 0 Å². The Kier molecular flexibility index (Phi) is 6.21. The maximum absolute atomic E-state index is 11.8. The van der Waals surface area contributed by atoms with Gasteiger partial charge in [-0.3, -0.25) is 9.69 Å². The molecule has 0 saturated carbocycles. The molecular weight excluding hydrogens is 264 g/mol. The Morgan fingerprint density at radius 2 is 2.14 bits per heavy atom. The van der Waals surface area contributed by atoms with Crippen molar-refractivity contribution >= 4 is 5.91 Å². The summed E-state index contributed by atoms with van der Waals surface area (Å²) in [5, 5.41) is 3.14. The van der Waals surface area contributed by atoms with E-state index in [0.717, 1.165) is 26.1 Å². The molecule has 4 nitrogen and oxygen atoms in total. The average molecular weight is 290 g/mol. The van der Waals surface area contributed by atoms with Crippen LogP contribution in [0.4, 0.5) is 0 Å². The van der Waals surface area contributed by atoms with Crippen LogP contribution in [-0.2, 0) is 16.1 Å². The first kappa shape index (κ1) is 16.0. The number of hydrogen-bond acceptors (Lipinski definition) is 3. The second-order valence-electron chi connectivity index (χ2n) is 5.90. The van der Waals surface area contributed by atoms with Crippen LogP contribution in [0, 0.1) is 5.92 Å². The summed E-state index contributed by atoms with van der Waals surface area (Å²) >= 11 is 0. The number of nitrogens with one attached hydrogen (secondary N) is 1. The Hall–Kier alpha value is -1.39. The summed E-state index contributed by atoms with van der Waals surface area (Å²) in [5.74, 6) is 0.583. The fraction of sp³-hybridized carbons (Fsp3) is 0.588. The van der Waals surface area contributed by atoms with Crippen molar-refractivity contribution in [3.8, 4) is 0 Å². The molecule has 2 atom stereocenters. The van der Waals surface area contributed by atoms with Gasteiger partial charge in [0.15, 0.2) is 0 Å². The molecule has 1 aliphatic heterocycles. The highest BCUT2D eigenvalue weighted by Crippen LogP contribution is 2.19. The summed E-state index contributed by atoms with van der Waals surface area (Å²) in [6.07, 6.45) is 1.47. The Labute approximate surface area is 127 Å². The van der Waals surface area contributed by atoms with Crippen LogP contribution in [0.15, 0.2) is 30.3 Å². The number of amides is 1. The van der Waals surface area contributed by atoms with Crippen LogP contribution in [0.3, 0.4) is 0 Å². The van der Waals surface area contributed by atoms with Gasteiger partial charge in [0.05, 0.1) is 6.61 Å². The fourth-order valence-corrected chi connectivity index (χ4v) is 2.91. The summed E-state index contributed by atoms with van der Waals surface area (Å²) in [7, 11) is 1.62. The summed E-state index contributed by atoms with van der Waals surface area (Å²) < 4.78 is 4.94. The Bertz CT molecular complexity index is 436. The van der Waals surface area contributed by atoms with Gasteiger partial charge in [-0.1, -0.05) is 37.3 Å². The van der Waals surface area contributed by atoms with Crippen molar-refractivity contribution in [2.75, 3.05) is 26.8 Å². The van der Waals surface area contributed by atoms with Gasteiger partial charge in [0.1, 0.15) is 0 Å². The highest BCUT2D eigenvalue weighted by Gasteiger charge is 2.26. The van der Waals surface area contributed by atoms with Crippen molar-refractivity contribution in [3.05, 3.63) is 35.9 Å². The van der Waals surface area contributed by atoms with Gasteiger partial charge in [-0.2, -0.15) is 0 Å². The molecule has 21 heavy (non-hydrogen) atoms. The molecule has 2 unspecified atom stereocenters. The quantitative estimate of drug-likeness (QED) is 0.872. The summed E-state index contributed by atoms with van der Waals surface area (Å²) in [4.78, 5) is 14.3. The van der Waals surface area contributed by atoms with Crippen molar-refractivity contribution < 1.29 is 9.53 Å². The van der Waals surface area contributed by atoms with E-state index in [1.165, 1.54) is 5.56 Å². The van der Waals surface area contributed by atoms with E-state index in [1.807, 2.05) is 6.07 Å². The van der Waals surface area contributed by atoms with E-state index >= 15 is 0 Å². The van der Waals surface area contributed by atoms with Gasteiger partial charge in [0, 0.05) is 39.2 Å². The van der Waals surface area contributed by atoms with E-state index in [2.05, 4.69) is 41.4 Å². The predicted octanol–water partition coefficient (Wildman–Crippen LogP) is 2.05. The SMILES string of the molecule is COCCC(=O)NC1CCN(Cc2ccccc2)CC1C. The van der Waals surface area contributed by atoms with Gasteiger partial charge in [-0.15, -0.1) is 0 Å². The number of methoxy groups -OCH3 is 1. The van der Waals surface area contributed by atoms with Crippen molar-refractivity contribution in [2.45, 2.75) is 32.4 Å². The molecule has 0 aliphatic carbocycles. The number of ether oxygens (including phenoxy) is 1. The molecule has 1 aromatic rings. The van der Waals surface area contributed by atoms with Crippen molar-refractivity contribution in [2.24, 2.45) is 5.92 Å². The molecule has 1 aromatic carbocycles. The van der Waals surface area contributed by atoms with E-state index < -0.39 is 0 Å². The number of carbonyl (C=O) groups excluding carboxylic acids is 1. The normalized spacial score (nSPS) is 23.0. The van der Waals surface area contributed by atoms with Crippen molar-refractivity contribution in [1.82, 2.24) is 10.2 Å². The van der Waals surface area contributed by atoms with Crippen LogP contribution in [0.1, 0.15) is 25.3 Å². The van der Waals surface area contributed by atoms with Gasteiger partial charge in [-0.25, -0.2) is 0 Å². The van der Waals surface area contributed by atoms with Gasteiger partial charge in [0.2, 0.25) is 5.91 Å². The van der Waals surface area contributed by atoms with Gasteiger partial charge in [-0.05, 0) is 17.9 Å². The molecule has 1 heterocycles. The van der Waals surface area contributed by atoms with E-state index in [4.69, 9.17) is 4.74 Å². The number of nitrogens with zero attached hydrogens (tertiary/aromatic N) is 1. The molecule has 0 radical (unpaired) electrons. The molecular formula is C17H26N2O2. The third-order valence-corrected chi connectivity index (χ3v) is 4.12. The van der Waals surface area contributed by atoms with E-state index in [9.17, 15) is 4.79 Å². The zero-order valence-electron chi connectivity index (χ0n) is 13.0. The smallest absolute Gasteiger partial charge is 0.222 e. The highest BCUT2D eigenvalue weighted by molar-refractivity contribution is 5.76. The number of hydrogen-bond donors (Lipinski definition) is 1. The lowest BCUT2D eigenvalue weighted by Gasteiger charge is -2.37. The zero-order valence-corrected chi connectivity index (χ0v) is 13.0. The monoisotopic (exact) mass is 290 g/mol. The highest BCUT2D eigenvalue weighted by atomic mass is 16.5.